The van der Waals surface area contributed by atoms with Gasteiger partial charge in [0.1, 0.15) is 12.2 Å². The molecule has 0 aliphatic rings. The van der Waals surface area contributed by atoms with Crippen molar-refractivity contribution in [2.45, 2.75) is 18.8 Å². The van der Waals surface area contributed by atoms with Gasteiger partial charge >= 0.3 is 6.36 Å². The minimum Gasteiger partial charge on any atom is -0.290 e. The summed E-state index contributed by atoms with van der Waals surface area (Å²) in [7, 11) is 0. The number of aromatic nitrogens is 3. The van der Waals surface area contributed by atoms with Gasteiger partial charge < -0.3 is 0 Å². The number of alkyl halides is 4. The molecule has 1 rings (SSSR count). The maximum atomic E-state index is 11.6. The molecular formula is C6H7ClF3N3O. The first-order valence-corrected chi connectivity index (χ1v) is 4.19. The highest BCUT2D eigenvalue weighted by Crippen LogP contribution is 2.15. The molecule has 0 aromatic carbocycles. The van der Waals surface area contributed by atoms with E-state index >= 15 is 0 Å². The van der Waals surface area contributed by atoms with Gasteiger partial charge in [-0.3, -0.25) is 4.74 Å². The molecule has 0 unspecified atom stereocenters. The standard InChI is InChI=1S/C6H7ClF3N3O/c7-3-5-11-4-12-13(5)1-2-14-6(8,9)10/h4H,1-3H2. The second-order valence-electron chi connectivity index (χ2n) is 2.33. The molecule has 4 nitrogen and oxygen atoms in total. The lowest BCUT2D eigenvalue weighted by atomic mass is 10.6. The Morgan fingerprint density at radius 3 is 2.79 bits per heavy atom. The normalized spacial score (nSPS) is 12.0. The molecule has 1 aromatic heterocycles. The summed E-state index contributed by atoms with van der Waals surface area (Å²) in [5.41, 5.74) is 0. The monoisotopic (exact) mass is 229 g/mol. The average Bonchev–Trinajstić information content (AvgIpc) is 2.49. The Hall–Kier alpha value is -0.820. The lowest BCUT2D eigenvalue weighted by Gasteiger charge is -2.07. The Labute approximate surface area is 82.6 Å². The van der Waals surface area contributed by atoms with E-state index in [-0.39, 0.29) is 12.4 Å². The third-order valence-electron chi connectivity index (χ3n) is 1.38. The van der Waals surface area contributed by atoms with E-state index in [1.54, 1.807) is 0 Å². The topological polar surface area (TPSA) is 39.9 Å². The molecule has 0 spiro atoms. The van der Waals surface area contributed by atoms with Gasteiger partial charge in [-0.2, -0.15) is 5.10 Å². The summed E-state index contributed by atoms with van der Waals surface area (Å²) < 4.78 is 39.6. The highest BCUT2D eigenvalue weighted by Gasteiger charge is 2.28. The van der Waals surface area contributed by atoms with Gasteiger partial charge in [0.05, 0.1) is 19.0 Å². The fourth-order valence-electron chi connectivity index (χ4n) is 0.826. The SMILES string of the molecule is FC(F)(F)OCCn1ncnc1CCl. The molecule has 0 amide bonds. The van der Waals surface area contributed by atoms with Crippen LogP contribution in [0.5, 0.6) is 0 Å². The van der Waals surface area contributed by atoms with E-state index < -0.39 is 13.0 Å². The lowest BCUT2D eigenvalue weighted by molar-refractivity contribution is -0.325. The molecule has 0 aliphatic carbocycles. The predicted molar refractivity (Wildman–Crippen MR) is 41.6 cm³/mol. The zero-order chi connectivity index (χ0) is 10.6. The molecule has 14 heavy (non-hydrogen) atoms. The van der Waals surface area contributed by atoms with E-state index in [0.717, 1.165) is 0 Å². The summed E-state index contributed by atoms with van der Waals surface area (Å²) in [6.07, 6.45) is -3.38. The second-order valence-corrected chi connectivity index (χ2v) is 2.59. The van der Waals surface area contributed by atoms with Crippen molar-refractivity contribution in [3.05, 3.63) is 12.2 Å². The molecule has 0 fully saturated rings. The second kappa shape index (κ2) is 4.61. The quantitative estimate of drug-likeness (QED) is 0.736. The van der Waals surface area contributed by atoms with Crippen molar-refractivity contribution in [1.82, 2.24) is 14.8 Å². The molecule has 8 heteroatoms. The van der Waals surface area contributed by atoms with Crippen molar-refractivity contribution in [2.24, 2.45) is 0 Å². The van der Waals surface area contributed by atoms with E-state index in [9.17, 15) is 13.2 Å². The lowest BCUT2D eigenvalue weighted by Crippen LogP contribution is -2.18. The molecule has 0 atom stereocenters. The summed E-state index contributed by atoms with van der Waals surface area (Å²) in [6, 6.07) is 0. The van der Waals surface area contributed by atoms with Gasteiger partial charge in [-0.05, 0) is 0 Å². The van der Waals surface area contributed by atoms with Gasteiger partial charge in [-0.15, -0.1) is 24.8 Å². The molecule has 0 saturated heterocycles. The maximum absolute atomic E-state index is 11.6. The van der Waals surface area contributed by atoms with E-state index in [1.807, 2.05) is 0 Å². The molecule has 1 heterocycles. The van der Waals surface area contributed by atoms with Gasteiger partial charge in [0.2, 0.25) is 0 Å². The Balaban J connectivity index is 2.38. The molecule has 0 radical (unpaired) electrons. The third-order valence-corrected chi connectivity index (χ3v) is 1.62. The Kier molecular flexibility index (Phi) is 3.70. The Morgan fingerprint density at radius 2 is 2.21 bits per heavy atom. The number of halogens is 4. The van der Waals surface area contributed by atoms with Crippen LogP contribution in [0, 0.1) is 0 Å². The Bertz CT molecular complexity index is 288. The summed E-state index contributed by atoms with van der Waals surface area (Å²) in [6.45, 7) is -0.529. The zero-order valence-electron chi connectivity index (χ0n) is 6.96. The van der Waals surface area contributed by atoms with E-state index in [0.29, 0.717) is 5.82 Å². The highest BCUT2D eigenvalue weighted by molar-refractivity contribution is 6.16. The number of hydrogen-bond donors (Lipinski definition) is 0. The number of rotatable bonds is 4. The van der Waals surface area contributed by atoms with Crippen LogP contribution in [0.3, 0.4) is 0 Å². The average molecular weight is 230 g/mol. The number of hydrogen-bond acceptors (Lipinski definition) is 3. The van der Waals surface area contributed by atoms with E-state index in [2.05, 4.69) is 14.8 Å². The minimum atomic E-state index is -4.61. The van der Waals surface area contributed by atoms with Crippen molar-refractivity contribution < 1.29 is 17.9 Å². The zero-order valence-corrected chi connectivity index (χ0v) is 7.72. The van der Waals surface area contributed by atoms with Crippen LogP contribution in [-0.4, -0.2) is 27.7 Å². The van der Waals surface area contributed by atoms with Crippen molar-refractivity contribution >= 4 is 11.6 Å². The summed E-state index contributed by atoms with van der Waals surface area (Å²) in [5.74, 6) is 0.517. The van der Waals surface area contributed by atoms with Crippen LogP contribution in [0.15, 0.2) is 6.33 Å². The first-order chi connectivity index (χ1) is 6.53. The maximum Gasteiger partial charge on any atom is 0.522 e. The minimum absolute atomic E-state index is 0.0262. The van der Waals surface area contributed by atoms with E-state index in [1.165, 1.54) is 11.0 Å². The van der Waals surface area contributed by atoms with Crippen molar-refractivity contribution in [2.75, 3.05) is 6.61 Å². The molecule has 0 aliphatic heterocycles. The fraction of sp³-hybridized carbons (Fsp3) is 0.667. The smallest absolute Gasteiger partial charge is 0.290 e. The van der Waals surface area contributed by atoms with Crippen molar-refractivity contribution in [3.63, 3.8) is 0 Å². The summed E-state index contributed by atoms with van der Waals surface area (Å²) in [5, 5.41) is 3.68. The van der Waals surface area contributed by atoms with Gasteiger partial charge in [-0.1, -0.05) is 0 Å². The summed E-state index contributed by atoms with van der Waals surface area (Å²) >= 11 is 5.46. The van der Waals surface area contributed by atoms with Gasteiger partial charge in [-0.25, -0.2) is 9.67 Å². The van der Waals surface area contributed by atoms with Crippen LogP contribution in [0.25, 0.3) is 0 Å². The van der Waals surface area contributed by atoms with Crippen LogP contribution in [0.1, 0.15) is 5.82 Å². The number of nitrogens with zero attached hydrogens (tertiary/aromatic N) is 3. The Morgan fingerprint density at radius 1 is 1.50 bits per heavy atom. The van der Waals surface area contributed by atoms with Crippen LogP contribution in [-0.2, 0) is 17.2 Å². The highest BCUT2D eigenvalue weighted by atomic mass is 35.5. The van der Waals surface area contributed by atoms with Crippen molar-refractivity contribution in [1.29, 1.82) is 0 Å². The van der Waals surface area contributed by atoms with E-state index in [4.69, 9.17) is 11.6 Å². The first-order valence-electron chi connectivity index (χ1n) is 3.66. The van der Waals surface area contributed by atoms with Crippen LogP contribution in [0.2, 0.25) is 0 Å². The van der Waals surface area contributed by atoms with Gasteiger partial charge in [0.25, 0.3) is 0 Å². The molecule has 80 valence electrons. The van der Waals surface area contributed by atoms with Gasteiger partial charge in [0, 0.05) is 0 Å². The predicted octanol–water partition coefficient (Wildman–Crippen LogP) is 1.55. The molecular weight excluding hydrogens is 223 g/mol. The van der Waals surface area contributed by atoms with Crippen LogP contribution in [0.4, 0.5) is 13.2 Å². The van der Waals surface area contributed by atoms with Gasteiger partial charge in [0.15, 0.2) is 0 Å². The largest absolute Gasteiger partial charge is 0.522 e. The third kappa shape index (κ3) is 3.51. The molecule has 0 N–H and O–H groups in total. The van der Waals surface area contributed by atoms with Crippen LogP contribution < -0.4 is 0 Å². The number of ether oxygens (including phenoxy) is 1. The first kappa shape index (κ1) is 11.3. The molecule has 0 bridgehead atoms. The van der Waals surface area contributed by atoms with Crippen molar-refractivity contribution in [3.8, 4) is 0 Å². The molecule has 0 saturated carbocycles. The fourth-order valence-corrected chi connectivity index (χ4v) is 1.03. The summed E-state index contributed by atoms with van der Waals surface area (Å²) in [4.78, 5) is 3.73. The molecule has 1 aromatic rings. The van der Waals surface area contributed by atoms with Crippen LogP contribution >= 0.6 is 11.6 Å².